The van der Waals surface area contributed by atoms with Gasteiger partial charge in [-0.3, -0.25) is 9.59 Å². The van der Waals surface area contributed by atoms with Crippen LogP contribution in [0.25, 0.3) is 0 Å². The number of hydrogen-bond donors (Lipinski definition) is 2. The first-order chi connectivity index (χ1) is 8.93. The second kappa shape index (κ2) is 6.89. The molecule has 110 valence electrons. The summed E-state index contributed by atoms with van der Waals surface area (Å²) < 4.78 is 0. The summed E-state index contributed by atoms with van der Waals surface area (Å²) in [6.45, 7) is 3.93. The fourth-order valence-corrected chi connectivity index (χ4v) is 2.86. The molecule has 2 N–H and O–H groups in total. The topological polar surface area (TPSA) is 77.8 Å². The van der Waals surface area contributed by atoms with Gasteiger partial charge < -0.3 is 15.1 Å². The Morgan fingerprint density at radius 2 is 1.79 bits per heavy atom. The lowest BCUT2D eigenvalue weighted by atomic mass is 9.71. The molecule has 5 heteroatoms. The van der Waals surface area contributed by atoms with E-state index in [9.17, 15) is 14.7 Å². The molecule has 0 spiro atoms. The van der Waals surface area contributed by atoms with Gasteiger partial charge in [0.1, 0.15) is 0 Å². The zero-order chi connectivity index (χ0) is 14.5. The summed E-state index contributed by atoms with van der Waals surface area (Å²) in [4.78, 5) is 25.4. The Morgan fingerprint density at radius 1 is 1.21 bits per heavy atom. The van der Waals surface area contributed by atoms with E-state index in [0.717, 1.165) is 19.3 Å². The lowest BCUT2D eigenvalue weighted by Gasteiger charge is -2.35. The average Bonchev–Trinajstić information content (AvgIpc) is 2.36. The molecule has 1 rings (SSSR count). The molecule has 0 radical (unpaired) electrons. The van der Waals surface area contributed by atoms with Crippen molar-refractivity contribution in [3.05, 3.63) is 0 Å². The summed E-state index contributed by atoms with van der Waals surface area (Å²) in [7, 11) is 0. The van der Waals surface area contributed by atoms with E-state index in [0.29, 0.717) is 12.8 Å². The molecule has 1 aliphatic rings. The van der Waals surface area contributed by atoms with Gasteiger partial charge in [0.15, 0.2) is 0 Å². The molecule has 0 heterocycles. The van der Waals surface area contributed by atoms with Crippen LogP contribution in [-0.4, -0.2) is 46.2 Å². The van der Waals surface area contributed by atoms with Crippen LogP contribution in [0.5, 0.6) is 0 Å². The maximum Gasteiger partial charge on any atom is 0.310 e. The van der Waals surface area contributed by atoms with E-state index in [2.05, 4.69) is 0 Å². The molecule has 0 aromatic carbocycles. The van der Waals surface area contributed by atoms with Gasteiger partial charge in [0.2, 0.25) is 5.91 Å². The Bertz CT molecular complexity index is 321. The van der Waals surface area contributed by atoms with Crippen molar-refractivity contribution in [3.63, 3.8) is 0 Å². The van der Waals surface area contributed by atoms with Gasteiger partial charge in [0.25, 0.3) is 0 Å². The summed E-state index contributed by atoms with van der Waals surface area (Å²) in [5.74, 6) is -1.01. The molecule has 1 amide bonds. The Hall–Kier alpha value is -1.10. The Morgan fingerprint density at radius 3 is 2.21 bits per heavy atom. The van der Waals surface area contributed by atoms with Crippen molar-refractivity contribution in [2.24, 2.45) is 5.41 Å². The van der Waals surface area contributed by atoms with Crippen molar-refractivity contribution in [1.82, 2.24) is 4.90 Å². The third kappa shape index (κ3) is 3.93. The summed E-state index contributed by atoms with van der Waals surface area (Å²) in [6.07, 6.45) is 4.02. The molecule has 0 aromatic heterocycles. The normalized spacial score (nSPS) is 18.3. The number of hydrogen-bond acceptors (Lipinski definition) is 3. The van der Waals surface area contributed by atoms with Gasteiger partial charge in [-0.1, -0.05) is 19.3 Å². The molecule has 0 saturated heterocycles. The summed E-state index contributed by atoms with van der Waals surface area (Å²) in [5, 5.41) is 18.5. The summed E-state index contributed by atoms with van der Waals surface area (Å²) in [6, 6.07) is -0.0194. The molecule has 1 fully saturated rings. The monoisotopic (exact) mass is 271 g/mol. The fraction of sp³-hybridized carbons (Fsp3) is 0.857. The van der Waals surface area contributed by atoms with Gasteiger partial charge in [-0.2, -0.15) is 0 Å². The second-order valence-electron chi connectivity index (χ2n) is 5.73. The molecular weight excluding hydrogens is 246 g/mol. The minimum atomic E-state index is -0.891. The zero-order valence-electron chi connectivity index (χ0n) is 11.9. The smallest absolute Gasteiger partial charge is 0.310 e. The van der Waals surface area contributed by atoms with Gasteiger partial charge >= 0.3 is 5.97 Å². The molecule has 0 atom stereocenters. The molecule has 0 bridgehead atoms. The van der Waals surface area contributed by atoms with Crippen LogP contribution in [0.4, 0.5) is 0 Å². The van der Waals surface area contributed by atoms with Crippen LogP contribution in [-0.2, 0) is 9.59 Å². The number of aliphatic hydroxyl groups is 1. The highest BCUT2D eigenvalue weighted by Gasteiger charge is 2.42. The van der Waals surface area contributed by atoms with Crippen molar-refractivity contribution >= 4 is 11.9 Å². The third-order valence-electron chi connectivity index (χ3n) is 4.04. The van der Waals surface area contributed by atoms with E-state index in [1.807, 2.05) is 13.8 Å². The van der Waals surface area contributed by atoms with E-state index < -0.39 is 11.4 Å². The number of aliphatic carboxylic acids is 1. The van der Waals surface area contributed by atoms with Crippen molar-refractivity contribution < 1.29 is 19.8 Å². The predicted octanol–water partition coefficient (Wildman–Crippen LogP) is 1.64. The van der Waals surface area contributed by atoms with Gasteiger partial charge in [-0.15, -0.1) is 0 Å². The molecule has 0 aliphatic heterocycles. The fourth-order valence-electron chi connectivity index (χ4n) is 2.86. The first kappa shape index (κ1) is 16.0. The van der Waals surface area contributed by atoms with E-state index >= 15 is 0 Å². The van der Waals surface area contributed by atoms with Crippen LogP contribution < -0.4 is 0 Å². The maximum atomic E-state index is 12.3. The van der Waals surface area contributed by atoms with Gasteiger partial charge in [0, 0.05) is 19.0 Å². The number of rotatable bonds is 6. The predicted molar refractivity (Wildman–Crippen MR) is 71.7 cm³/mol. The van der Waals surface area contributed by atoms with E-state index in [1.165, 1.54) is 0 Å². The number of carboxylic acid groups (broad SMARTS) is 1. The van der Waals surface area contributed by atoms with Crippen LogP contribution in [0.2, 0.25) is 0 Å². The summed E-state index contributed by atoms with van der Waals surface area (Å²) >= 11 is 0. The van der Waals surface area contributed by atoms with E-state index in [-0.39, 0.29) is 31.5 Å². The quantitative estimate of drug-likeness (QED) is 0.770. The number of nitrogens with zero attached hydrogens (tertiary/aromatic N) is 1. The number of amides is 1. The molecule has 1 saturated carbocycles. The van der Waals surface area contributed by atoms with Crippen molar-refractivity contribution in [2.75, 3.05) is 13.2 Å². The lowest BCUT2D eigenvalue weighted by Crippen LogP contribution is -2.44. The van der Waals surface area contributed by atoms with E-state index in [4.69, 9.17) is 5.11 Å². The van der Waals surface area contributed by atoms with Crippen LogP contribution in [0.3, 0.4) is 0 Å². The van der Waals surface area contributed by atoms with Crippen molar-refractivity contribution in [3.8, 4) is 0 Å². The molecule has 19 heavy (non-hydrogen) atoms. The van der Waals surface area contributed by atoms with Crippen LogP contribution in [0.15, 0.2) is 0 Å². The zero-order valence-corrected chi connectivity index (χ0v) is 11.9. The number of carbonyl (C=O) groups excluding carboxylic acids is 1. The third-order valence-corrected chi connectivity index (χ3v) is 4.04. The Balaban J connectivity index is 2.78. The molecule has 0 unspecified atom stereocenters. The second-order valence-corrected chi connectivity index (χ2v) is 5.73. The number of aliphatic hydroxyl groups excluding tert-OH is 1. The highest BCUT2D eigenvalue weighted by Crippen LogP contribution is 2.40. The average molecular weight is 271 g/mol. The van der Waals surface area contributed by atoms with Gasteiger partial charge in [-0.05, 0) is 26.7 Å². The largest absolute Gasteiger partial charge is 0.481 e. The number of carboxylic acids is 1. The maximum absolute atomic E-state index is 12.3. The minimum absolute atomic E-state index is 0.0194. The number of carbonyl (C=O) groups is 2. The molecule has 0 aromatic rings. The minimum Gasteiger partial charge on any atom is -0.481 e. The highest BCUT2D eigenvalue weighted by atomic mass is 16.4. The first-order valence-electron chi connectivity index (χ1n) is 7.07. The Kier molecular flexibility index (Phi) is 5.79. The standard InChI is InChI=1S/C14H25NO4/c1-11(2)15(8-9-16)12(17)10-14(13(18)19)6-4-3-5-7-14/h11,16H,3-10H2,1-2H3,(H,18,19). The lowest BCUT2D eigenvalue weighted by molar-refractivity contribution is -0.156. The molecular formula is C14H25NO4. The van der Waals surface area contributed by atoms with Crippen molar-refractivity contribution in [2.45, 2.75) is 58.4 Å². The Labute approximate surface area is 114 Å². The highest BCUT2D eigenvalue weighted by molar-refractivity contribution is 5.85. The van der Waals surface area contributed by atoms with Crippen LogP contribution in [0, 0.1) is 5.41 Å². The van der Waals surface area contributed by atoms with Crippen LogP contribution in [0.1, 0.15) is 52.4 Å². The summed E-state index contributed by atoms with van der Waals surface area (Å²) in [5.41, 5.74) is -0.891. The van der Waals surface area contributed by atoms with Gasteiger partial charge in [0.05, 0.1) is 12.0 Å². The van der Waals surface area contributed by atoms with Gasteiger partial charge in [-0.25, -0.2) is 0 Å². The first-order valence-corrected chi connectivity index (χ1v) is 7.07. The molecule has 5 nitrogen and oxygen atoms in total. The van der Waals surface area contributed by atoms with E-state index in [1.54, 1.807) is 4.90 Å². The van der Waals surface area contributed by atoms with Crippen molar-refractivity contribution in [1.29, 1.82) is 0 Å². The van der Waals surface area contributed by atoms with Crippen LogP contribution >= 0.6 is 0 Å². The molecule has 1 aliphatic carbocycles. The SMILES string of the molecule is CC(C)N(CCO)C(=O)CC1(C(=O)O)CCCCC1.